The van der Waals surface area contributed by atoms with Crippen molar-refractivity contribution in [1.29, 1.82) is 0 Å². The highest BCUT2D eigenvalue weighted by molar-refractivity contribution is 5.92. The number of amides is 2. The van der Waals surface area contributed by atoms with Crippen LogP contribution in [0.5, 0.6) is 11.5 Å². The lowest BCUT2D eigenvalue weighted by Gasteiger charge is -2.32. The Hall–Kier alpha value is -3.16. The van der Waals surface area contributed by atoms with E-state index >= 15 is 0 Å². The van der Waals surface area contributed by atoms with Crippen molar-refractivity contribution in [3.8, 4) is 11.5 Å². The van der Waals surface area contributed by atoms with E-state index in [0.717, 1.165) is 12.8 Å². The van der Waals surface area contributed by atoms with Crippen LogP contribution in [0.2, 0.25) is 0 Å². The Morgan fingerprint density at radius 1 is 1.25 bits per heavy atom. The number of methoxy groups -OCH3 is 1. The highest BCUT2D eigenvalue weighted by atomic mass is 16.5. The van der Waals surface area contributed by atoms with E-state index in [9.17, 15) is 9.59 Å². The second-order valence-electron chi connectivity index (χ2n) is 6.59. The molecule has 2 heterocycles. The molecule has 1 aliphatic rings. The summed E-state index contributed by atoms with van der Waals surface area (Å²) in [4.78, 5) is 34.4. The predicted octanol–water partition coefficient (Wildman–Crippen LogP) is 1.53. The maximum atomic E-state index is 12.5. The molecule has 0 unspecified atom stereocenters. The number of hydrogen-bond donors (Lipinski definition) is 1. The van der Waals surface area contributed by atoms with Crippen LogP contribution < -0.4 is 14.8 Å². The zero-order valence-corrected chi connectivity index (χ0v) is 15.8. The van der Waals surface area contributed by atoms with Gasteiger partial charge in [0.05, 0.1) is 13.3 Å². The van der Waals surface area contributed by atoms with Gasteiger partial charge in [0.1, 0.15) is 5.69 Å². The van der Waals surface area contributed by atoms with Gasteiger partial charge in [-0.15, -0.1) is 0 Å². The number of hydrogen-bond acceptors (Lipinski definition) is 6. The first-order chi connectivity index (χ1) is 13.7. The molecule has 1 aromatic carbocycles. The molecule has 148 valence electrons. The summed E-state index contributed by atoms with van der Waals surface area (Å²) < 4.78 is 10.7. The fourth-order valence-corrected chi connectivity index (χ4v) is 3.18. The Morgan fingerprint density at radius 3 is 2.82 bits per heavy atom. The summed E-state index contributed by atoms with van der Waals surface area (Å²) in [7, 11) is 1.55. The Balaban J connectivity index is 1.45. The maximum absolute atomic E-state index is 12.5. The highest BCUT2D eigenvalue weighted by Crippen LogP contribution is 2.25. The van der Waals surface area contributed by atoms with Crippen LogP contribution in [-0.4, -0.2) is 60.0 Å². The molecule has 0 bridgehead atoms. The van der Waals surface area contributed by atoms with E-state index in [1.807, 2.05) is 12.1 Å². The summed E-state index contributed by atoms with van der Waals surface area (Å²) in [6.45, 7) is 1.69. The van der Waals surface area contributed by atoms with Crippen molar-refractivity contribution in [2.75, 3.05) is 33.4 Å². The Kier molecular flexibility index (Phi) is 6.78. The van der Waals surface area contributed by atoms with Gasteiger partial charge in [0.15, 0.2) is 18.1 Å². The summed E-state index contributed by atoms with van der Waals surface area (Å²) in [5, 5.41) is 2.89. The largest absolute Gasteiger partial charge is 0.493 e. The molecule has 1 aliphatic heterocycles. The smallest absolute Gasteiger partial charge is 0.274 e. The molecule has 28 heavy (non-hydrogen) atoms. The molecule has 8 nitrogen and oxygen atoms in total. The van der Waals surface area contributed by atoms with E-state index in [1.165, 1.54) is 12.4 Å². The molecule has 1 fully saturated rings. The second-order valence-corrected chi connectivity index (χ2v) is 6.59. The lowest BCUT2D eigenvalue weighted by atomic mass is 9.97. The summed E-state index contributed by atoms with van der Waals surface area (Å²) in [5.74, 6) is 0.982. The minimum atomic E-state index is -0.205. The lowest BCUT2D eigenvalue weighted by molar-refractivity contribution is -0.123. The number of benzene rings is 1. The van der Waals surface area contributed by atoms with Gasteiger partial charge in [-0.3, -0.25) is 14.6 Å². The molecule has 8 heteroatoms. The van der Waals surface area contributed by atoms with Crippen molar-refractivity contribution < 1.29 is 19.1 Å². The van der Waals surface area contributed by atoms with Crippen LogP contribution in [0.3, 0.4) is 0 Å². The maximum Gasteiger partial charge on any atom is 0.274 e. The molecule has 3 rings (SSSR count). The summed E-state index contributed by atoms with van der Waals surface area (Å²) in [6.07, 6.45) is 6.38. The minimum absolute atomic E-state index is 0.0880. The van der Waals surface area contributed by atoms with Gasteiger partial charge in [0.2, 0.25) is 0 Å². The number of carbonyl (C=O) groups is 2. The summed E-state index contributed by atoms with van der Waals surface area (Å²) in [6, 6.07) is 7.19. The number of ether oxygens (including phenoxy) is 2. The standard InChI is InChI=1S/C20H24N4O4/c1-27-17-6-2-3-7-18(17)28-14-19(25)23-11-15-5-4-10-24(13-15)20(26)16-12-21-8-9-22-16/h2-3,6-9,12,15H,4-5,10-11,13-14H2,1H3,(H,23,25)/t15-/m1/s1. The fraction of sp³-hybridized carbons (Fsp3) is 0.400. The van der Waals surface area contributed by atoms with Gasteiger partial charge in [-0.2, -0.15) is 0 Å². The Bertz CT molecular complexity index is 800. The van der Waals surface area contributed by atoms with E-state index in [-0.39, 0.29) is 24.3 Å². The number of carbonyl (C=O) groups excluding carboxylic acids is 2. The first-order valence-corrected chi connectivity index (χ1v) is 9.25. The van der Waals surface area contributed by atoms with Crippen LogP contribution in [0.4, 0.5) is 0 Å². The molecule has 1 atom stereocenters. The summed E-state index contributed by atoms with van der Waals surface area (Å²) >= 11 is 0. The van der Waals surface area contributed by atoms with Crippen LogP contribution in [0, 0.1) is 5.92 Å². The minimum Gasteiger partial charge on any atom is -0.493 e. The molecular formula is C20H24N4O4. The van der Waals surface area contributed by atoms with E-state index < -0.39 is 0 Å². The molecule has 1 aromatic heterocycles. The van der Waals surface area contributed by atoms with Crippen molar-refractivity contribution >= 4 is 11.8 Å². The van der Waals surface area contributed by atoms with Crippen LogP contribution in [-0.2, 0) is 4.79 Å². The number of rotatable bonds is 7. The first kappa shape index (κ1) is 19.6. The van der Waals surface area contributed by atoms with E-state index in [0.29, 0.717) is 36.8 Å². The Labute approximate surface area is 163 Å². The van der Waals surface area contributed by atoms with Crippen molar-refractivity contribution in [2.45, 2.75) is 12.8 Å². The summed E-state index contributed by atoms with van der Waals surface area (Å²) in [5.41, 5.74) is 0.345. The van der Waals surface area contributed by atoms with Gasteiger partial charge in [-0.1, -0.05) is 12.1 Å². The normalized spacial score (nSPS) is 16.3. The molecule has 1 saturated heterocycles. The zero-order chi connectivity index (χ0) is 19.8. The fourth-order valence-electron chi connectivity index (χ4n) is 3.18. The van der Waals surface area contributed by atoms with Gasteiger partial charge in [-0.05, 0) is 30.9 Å². The van der Waals surface area contributed by atoms with Crippen molar-refractivity contribution in [1.82, 2.24) is 20.2 Å². The number of piperidine rings is 1. The van der Waals surface area contributed by atoms with E-state index in [4.69, 9.17) is 9.47 Å². The third-order valence-corrected chi connectivity index (χ3v) is 4.60. The molecule has 0 radical (unpaired) electrons. The number of nitrogens with zero attached hydrogens (tertiary/aromatic N) is 3. The third-order valence-electron chi connectivity index (χ3n) is 4.60. The van der Waals surface area contributed by atoms with Crippen LogP contribution in [0.1, 0.15) is 23.3 Å². The van der Waals surface area contributed by atoms with E-state index in [2.05, 4.69) is 15.3 Å². The predicted molar refractivity (Wildman–Crippen MR) is 102 cm³/mol. The van der Waals surface area contributed by atoms with Gasteiger partial charge >= 0.3 is 0 Å². The van der Waals surface area contributed by atoms with Gasteiger partial charge < -0.3 is 19.7 Å². The molecule has 0 spiro atoms. The zero-order valence-electron chi connectivity index (χ0n) is 15.8. The highest BCUT2D eigenvalue weighted by Gasteiger charge is 2.25. The number of para-hydroxylation sites is 2. The molecular weight excluding hydrogens is 360 g/mol. The third kappa shape index (κ3) is 5.18. The average Bonchev–Trinajstić information content (AvgIpc) is 2.76. The molecule has 1 N–H and O–H groups in total. The van der Waals surface area contributed by atoms with Crippen LogP contribution in [0.15, 0.2) is 42.9 Å². The van der Waals surface area contributed by atoms with Gasteiger partial charge in [0, 0.05) is 32.0 Å². The average molecular weight is 384 g/mol. The van der Waals surface area contributed by atoms with Crippen molar-refractivity contribution in [3.63, 3.8) is 0 Å². The molecule has 0 saturated carbocycles. The lowest BCUT2D eigenvalue weighted by Crippen LogP contribution is -2.44. The SMILES string of the molecule is COc1ccccc1OCC(=O)NC[C@H]1CCCN(C(=O)c2cnccn2)C1. The molecule has 2 amide bonds. The van der Waals surface area contributed by atoms with Crippen LogP contribution in [0.25, 0.3) is 0 Å². The van der Waals surface area contributed by atoms with E-state index in [1.54, 1.807) is 30.3 Å². The number of likely N-dealkylation sites (tertiary alicyclic amines) is 1. The first-order valence-electron chi connectivity index (χ1n) is 9.25. The molecule has 2 aromatic rings. The monoisotopic (exact) mass is 384 g/mol. The number of nitrogens with one attached hydrogen (secondary N) is 1. The van der Waals surface area contributed by atoms with Crippen molar-refractivity contribution in [2.24, 2.45) is 5.92 Å². The Morgan fingerprint density at radius 2 is 2.07 bits per heavy atom. The number of aromatic nitrogens is 2. The van der Waals surface area contributed by atoms with Crippen molar-refractivity contribution in [3.05, 3.63) is 48.5 Å². The van der Waals surface area contributed by atoms with Gasteiger partial charge in [0.25, 0.3) is 11.8 Å². The van der Waals surface area contributed by atoms with Crippen LogP contribution >= 0.6 is 0 Å². The second kappa shape index (κ2) is 9.68. The molecule has 0 aliphatic carbocycles. The topological polar surface area (TPSA) is 93.7 Å². The van der Waals surface area contributed by atoms with Gasteiger partial charge in [-0.25, -0.2) is 4.98 Å². The quantitative estimate of drug-likeness (QED) is 0.778.